The highest BCUT2D eigenvalue weighted by molar-refractivity contribution is 5.76. The summed E-state index contributed by atoms with van der Waals surface area (Å²) in [6.07, 6.45) is 92.6. The first-order valence-electron chi connectivity index (χ1n) is 32.7. The maximum atomic E-state index is 12.5. The van der Waals surface area contributed by atoms with Crippen LogP contribution >= 0.6 is 0 Å². The molecule has 2 unspecified atom stereocenters. The van der Waals surface area contributed by atoms with Crippen LogP contribution in [0, 0.1) is 0 Å². The predicted octanol–water partition coefficient (Wildman–Crippen LogP) is 22.1. The lowest BCUT2D eigenvalue weighted by Crippen LogP contribution is -2.45. The molecule has 0 saturated heterocycles. The summed E-state index contributed by atoms with van der Waals surface area (Å²) in [5, 5.41) is 23.2. The number of rotatable bonds is 60. The minimum Gasteiger partial charge on any atom is -0.394 e. The molecule has 0 spiro atoms. The van der Waals surface area contributed by atoms with E-state index >= 15 is 0 Å². The highest BCUT2D eigenvalue weighted by Crippen LogP contribution is 2.18. The lowest BCUT2D eigenvalue weighted by molar-refractivity contribution is -0.123. The second-order valence-electron chi connectivity index (χ2n) is 22.1. The molecule has 0 aromatic rings. The second kappa shape index (κ2) is 64.1. The van der Waals surface area contributed by atoms with Gasteiger partial charge in [0.25, 0.3) is 0 Å². The van der Waals surface area contributed by atoms with Gasteiger partial charge in [0, 0.05) is 6.42 Å². The summed E-state index contributed by atoms with van der Waals surface area (Å²) in [5.41, 5.74) is 0. The molecule has 0 saturated carbocycles. The van der Waals surface area contributed by atoms with E-state index in [-0.39, 0.29) is 12.5 Å². The predicted molar refractivity (Wildman–Crippen MR) is 327 cm³/mol. The number of aliphatic hydroxyl groups is 2. The smallest absolute Gasteiger partial charge is 0.220 e. The van der Waals surface area contributed by atoms with Crippen LogP contribution in [0.5, 0.6) is 0 Å². The monoisotopic (exact) mass is 1020 g/mol. The van der Waals surface area contributed by atoms with Gasteiger partial charge in [0.05, 0.1) is 18.8 Å². The van der Waals surface area contributed by atoms with Crippen molar-refractivity contribution < 1.29 is 15.0 Å². The Bertz CT molecular complexity index is 1250. The van der Waals surface area contributed by atoms with Crippen LogP contribution in [0.3, 0.4) is 0 Å². The number of aliphatic hydroxyl groups excluding tert-OH is 2. The quantitative estimate of drug-likeness (QED) is 0.0420. The van der Waals surface area contributed by atoms with Crippen molar-refractivity contribution in [2.24, 2.45) is 0 Å². The molecular formula is C69H127NO3. The van der Waals surface area contributed by atoms with E-state index in [1.807, 2.05) is 6.08 Å². The fraction of sp³-hybridized carbons (Fsp3) is 0.812. The van der Waals surface area contributed by atoms with E-state index in [1.54, 1.807) is 6.08 Å². The van der Waals surface area contributed by atoms with Crippen LogP contribution in [-0.4, -0.2) is 34.9 Å². The van der Waals surface area contributed by atoms with E-state index in [4.69, 9.17) is 0 Å². The molecular weight excluding hydrogens is 891 g/mol. The van der Waals surface area contributed by atoms with E-state index < -0.39 is 12.1 Å². The van der Waals surface area contributed by atoms with E-state index in [2.05, 4.69) is 79.9 Å². The van der Waals surface area contributed by atoms with Gasteiger partial charge >= 0.3 is 0 Å². The average Bonchev–Trinajstić information content (AvgIpc) is 3.40. The maximum absolute atomic E-state index is 12.5. The van der Waals surface area contributed by atoms with Gasteiger partial charge in [-0.1, -0.05) is 337 Å². The third-order valence-corrected chi connectivity index (χ3v) is 14.9. The van der Waals surface area contributed by atoms with E-state index in [1.165, 1.54) is 263 Å². The van der Waals surface area contributed by atoms with Crippen LogP contribution < -0.4 is 5.32 Å². The van der Waals surface area contributed by atoms with Gasteiger partial charge < -0.3 is 15.5 Å². The number of unbranched alkanes of at least 4 members (excludes halogenated alkanes) is 43. The second-order valence-corrected chi connectivity index (χ2v) is 22.1. The zero-order chi connectivity index (χ0) is 52.7. The maximum Gasteiger partial charge on any atom is 0.220 e. The molecule has 0 heterocycles. The molecule has 0 fully saturated rings. The topological polar surface area (TPSA) is 69.6 Å². The summed E-state index contributed by atoms with van der Waals surface area (Å²) >= 11 is 0. The summed E-state index contributed by atoms with van der Waals surface area (Å²) in [7, 11) is 0. The van der Waals surface area contributed by atoms with Gasteiger partial charge in [0.15, 0.2) is 0 Å². The molecule has 0 rings (SSSR count). The number of hydrogen-bond donors (Lipinski definition) is 3. The molecule has 426 valence electrons. The third-order valence-electron chi connectivity index (χ3n) is 14.9. The van der Waals surface area contributed by atoms with Crippen molar-refractivity contribution in [2.45, 2.75) is 353 Å². The number of allylic oxidation sites excluding steroid dienone is 11. The minimum absolute atomic E-state index is 0.0681. The minimum atomic E-state index is -0.863. The molecule has 4 nitrogen and oxygen atoms in total. The van der Waals surface area contributed by atoms with Gasteiger partial charge in [-0.3, -0.25) is 4.79 Å². The highest BCUT2D eigenvalue weighted by Gasteiger charge is 2.18. The molecule has 2 atom stereocenters. The third kappa shape index (κ3) is 60.6. The first kappa shape index (κ1) is 70.8. The zero-order valence-corrected chi connectivity index (χ0v) is 49.2. The summed E-state index contributed by atoms with van der Waals surface area (Å²) in [6, 6.07) is -0.640. The van der Waals surface area contributed by atoms with E-state index in [0.29, 0.717) is 6.42 Å². The summed E-state index contributed by atoms with van der Waals surface area (Å²) in [4.78, 5) is 12.5. The average molecular weight is 1020 g/mol. The standard InChI is InChI=1S/C69H127NO3/c1-3-5-7-9-11-13-15-17-19-21-23-25-26-27-28-29-30-31-32-33-34-35-36-37-38-39-40-41-42-43-44-45-47-49-51-53-55-57-59-61-63-65-69(73)70-67(66-71)68(72)64-62-60-58-56-54-52-50-48-46-24-22-20-18-16-14-12-10-8-6-4-2/h5,7,11,13,17,19,23,25,54,56,62,64,67-68,71-72H,3-4,6,8-10,12,14-16,18,20-22,24,26-53,55,57-61,63,65-66H2,1-2H3,(H,70,73)/b7-5-,13-11-,19-17-,25-23-,56-54+,64-62+. The summed E-state index contributed by atoms with van der Waals surface area (Å²) in [6.45, 7) is 4.21. The Morgan fingerprint density at radius 2 is 0.616 bits per heavy atom. The van der Waals surface area contributed by atoms with Gasteiger partial charge in [-0.05, 0) is 70.6 Å². The Balaban J connectivity index is 3.42. The van der Waals surface area contributed by atoms with Crippen molar-refractivity contribution in [3.63, 3.8) is 0 Å². The molecule has 0 aliphatic rings. The van der Waals surface area contributed by atoms with Gasteiger partial charge in [-0.2, -0.15) is 0 Å². The van der Waals surface area contributed by atoms with Crippen molar-refractivity contribution in [3.05, 3.63) is 72.9 Å². The molecule has 0 radical (unpaired) electrons. The normalized spacial score (nSPS) is 13.2. The number of carbonyl (C=O) groups is 1. The Labute approximate surface area is 457 Å². The number of carbonyl (C=O) groups excluding carboxylic acids is 1. The molecule has 0 bridgehead atoms. The number of nitrogens with one attached hydrogen (secondary N) is 1. The Morgan fingerprint density at radius 3 is 0.959 bits per heavy atom. The van der Waals surface area contributed by atoms with Crippen LogP contribution in [0.15, 0.2) is 72.9 Å². The molecule has 73 heavy (non-hydrogen) atoms. The van der Waals surface area contributed by atoms with Crippen molar-refractivity contribution in [1.29, 1.82) is 0 Å². The van der Waals surface area contributed by atoms with Crippen LogP contribution in [0.4, 0.5) is 0 Å². The van der Waals surface area contributed by atoms with E-state index in [9.17, 15) is 15.0 Å². The van der Waals surface area contributed by atoms with Crippen LogP contribution in [0.25, 0.3) is 0 Å². The Hall–Kier alpha value is -2.17. The fourth-order valence-electron chi connectivity index (χ4n) is 10.0. The first-order chi connectivity index (χ1) is 36.2. The van der Waals surface area contributed by atoms with Gasteiger partial charge in [0.1, 0.15) is 0 Å². The SMILES string of the molecule is CC/C=C\C/C=C\C/C=C\C/C=C\CCCCCCCCCCCCCCCCCCCCCCCCCCCCCCC(=O)NC(CO)C(O)/C=C/CC/C=C/CCCCCCCCCCCCCCCC. The van der Waals surface area contributed by atoms with Gasteiger partial charge in [0.2, 0.25) is 5.91 Å². The molecule has 0 aliphatic heterocycles. The molecule has 0 aromatic carbocycles. The first-order valence-corrected chi connectivity index (χ1v) is 32.7. The molecule has 0 aliphatic carbocycles. The van der Waals surface area contributed by atoms with Gasteiger partial charge in [-0.15, -0.1) is 0 Å². The number of hydrogen-bond acceptors (Lipinski definition) is 3. The lowest BCUT2D eigenvalue weighted by atomic mass is 10.0. The number of amides is 1. The lowest BCUT2D eigenvalue weighted by Gasteiger charge is -2.19. The summed E-state index contributed by atoms with van der Waals surface area (Å²) < 4.78 is 0. The molecule has 3 N–H and O–H groups in total. The van der Waals surface area contributed by atoms with E-state index in [0.717, 1.165) is 57.8 Å². The van der Waals surface area contributed by atoms with Crippen LogP contribution in [0.1, 0.15) is 341 Å². The highest BCUT2D eigenvalue weighted by atomic mass is 16.3. The molecule has 4 heteroatoms. The van der Waals surface area contributed by atoms with Crippen molar-refractivity contribution in [3.8, 4) is 0 Å². The van der Waals surface area contributed by atoms with Crippen LogP contribution in [0.2, 0.25) is 0 Å². The van der Waals surface area contributed by atoms with Crippen LogP contribution in [-0.2, 0) is 4.79 Å². The fourth-order valence-corrected chi connectivity index (χ4v) is 10.0. The van der Waals surface area contributed by atoms with Crippen molar-refractivity contribution >= 4 is 5.91 Å². The largest absolute Gasteiger partial charge is 0.394 e. The molecule has 0 aromatic heterocycles. The zero-order valence-electron chi connectivity index (χ0n) is 49.2. The Morgan fingerprint density at radius 1 is 0.342 bits per heavy atom. The Kier molecular flexibility index (Phi) is 62.2. The van der Waals surface area contributed by atoms with Crippen molar-refractivity contribution in [2.75, 3.05) is 6.61 Å². The summed E-state index contributed by atoms with van der Waals surface area (Å²) in [5.74, 6) is -0.0681. The molecule has 1 amide bonds. The van der Waals surface area contributed by atoms with Crippen molar-refractivity contribution in [1.82, 2.24) is 5.32 Å². The van der Waals surface area contributed by atoms with Gasteiger partial charge in [-0.25, -0.2) is 0 Å².